The molecule has 0 amide bonds. The van der Waals surface area contributed by atoms with Crippen molar-refractivity contribution in [2.24, 2.45) is 0 Å². The van der Waals surface area contributed by atoms with Gasteiger partial charge in [-0.3, -0.25) is 4.79 Å². The van der Waals surface area contributed by atoms with Gasteiger partial charge in [0.1, 0.15) is 64.6 Å². The number of hydrogen-bond acceptors (Lipinski definition) is 3. The Kier molecular flexibility index (Phi) is 14.0. The molecule has 0 saturated carbocycles. The minimum Gasteiger partial charge on any atom is -0.404 e. The normalized spacial score (nSPS) is 11.4. The van der Waals surface area contributed by atoms with Crippen LogP contribution in [0.3, 0.4) is 0 Å². The molecule has 6 aromatic carbocycles. The molecule has 354 valence electrons. The van der Waals surface area contributed by atoms with Crippen molar-refractivity contribution < 1.29 is 102 Å². The lowest BCUT2D eigenvalue weighted by Crippen LogP contribution is -2.81. The molecule has 1 aromatic heterocycles. The Morgan fingerprint density at radius 1 is 0.456 bits per heavy atom. The molecule has 0 saturated heterocycles. The van der Waals surface area contributed by atoms with Crippen LogP contribution >= 0.6 is 0 Å². The summed E-state index contributed by atoms with van der Waals surface area (Å²) in [6.45, 7) is 2.22. The van der Waals surface area contributed by atoms with Crippen LogP contribution in [-0.4, -0.2) is 16.9 Å². The van der Waals surface area contributed by atoms with Crippen LogP contribution in [0.1, 0.15) is 15.9 Å². The highest BCUT2D eigenvalue weighted by Crippen LogP contribution is 2.31. The molecule has 0 unspecified atom stereocenters. The van der Waals surface area contributed by atoms with Crippen LogP contribution in [-0.2, 0) is 6.54 Å². The van der Waals surface area contributed by atoms with Crippen LogP contribution in [0.15, 0.2) is 73.2 Å². The zero-order valence-electron chi connectivity index (χ0n) is 33.0. The van der Waals surface area contributed by atoms with Gasteiger partial charge >= 0.3 is 5.88 Å². The Labute approximate surface area is 366 Å². The third-order valence-corrected chi connectivity index (χ3v) is 10.2. The Balaban J connectivity index is 0.000000276. The molecular formula is C43H17BF20N2O2. The summed E-state index contributed by atoms with van der Waals surface area (Å²) in [6, 6.07) is 17.0. The van der Waals surface area contributed by atoms with Gasteiger partial charge in [-0.05, 0) is 19.1 Å². The van der Waals surface area contributed by atoms with Crippen LogP contribution in [0.4, 0.5) is 87.8 Å². The molecule has 7 rings (SSSR count). The molecule has 68 heavy (non-hydrogen) atoms. The van der Waals surface area contributed by atoms with E-state index in [2.05, 4.69) is 4.98 Å². The Hall–Kier alpha value is -7.47. The van der Waals surface area contributed by atoms with E-state index in [1.807, 2.05) is 61.5 Å². The highest BCUT2D eigenvalue weighted by atomic mass is 19.2. The lowest BCUT2D eigenvalue weighted by Gasteiger charge is -2.44. The summed E-state index contributed by atoms with van der Waals surface area (Å²) in [7, 11) is 0. The van der Waals surface area contributed by atoms with Crippen molar-refractivity contribution in [1.82, 2.24) is 4.98 Å². The smallest absolute Gasteiger partial charge is 0.392 e. The first kappa shape index (κ1) is 50.0. The molecule has 0 bridgehead atoms. The van der Waals surface area contributed by atoms with E-state index in [1.165, 1.54) is 0 Å². The van der Waals surface area contributed by atoms with Crippen molar-refractivity contribution in [3.05, 3.63) is 201 Å². The van der Waals surface area contributed by atoms with Crippen LogP contribution in [0.2, 0.25) is 0 Å². The van der Waals surface area contributed by atoms with Crippen molar-refractivity contribution in [2.75, 3.05) is 0 Å². The van der Waals surface area contributed by atoms with E-state index in [-0.39, 0.29) is 12.3 Å². The first-order valence-electron chi connectivity index (χ1n) is 18.3. The average molecular weight is 984 g/mol. The molecule has 0 atom stereocenters. The molecule has 7 aromatic rings. The van der Waals surface area contributed by atoms with Gasteiger partial charge in [0.2, 0.25) is 12.3 Å². The molecule has 0 spiro atoms. The number of aromatic nitrogens is 2. The fraction of sp³-hybridized carbons (Fsp3) is 0.0465. The largest absolute Gasteiger partial charge is 0.404 e. The summed E-state index contributed by atoms with van der Waals surface area (Å²) in [5.74, 6) is -70.1. The lowest BCUT2D eigenvalue weighted by molar-refractivity contribution is -0.687. The number of Topliss-reactive ketones (excluding diaryl/α,β-unsaturated/α-hetero) is 1. The van der Waals surface area contributed by atoms with E-state index in [4.69, 9.17) is 4.74 Å². The number of benzene rings is 6. The van der Waals surface area contributed by atoms with Crippen LogP contribution in [0.5, 0.6) is 11.6 Å². The number of ether oxygens (including phenoxy) is 1. The second-order valence-electron chi connectivity index (χ2n) is 14.0. The number of ketones is 1. The Morgan fingerprint density at radius 3 is 1.09 bits per heavy atom. The van der Waals surface area contributed by atoms with Crippen LogP contribution in [0.25, 0.3) is 0 Å². The van der Waals surface area contributed by atoms with Gasteiger partial charge in [-0.2, -0.15) is 4.57 Å². The number of carbonyl (C=O) groups is 1. The van der Waals surface area contributed by atoms with Gasteiger partial charge in [-0.25, -0.2) is 92.8 Å². The molecule has 1 heterocycles. The first-order chi connectivity index (χ1) is 31.9. The van der Waals surface area contributed by atoms with Gasteiger partial charge in [0.05, 0.1) is 6.20 Å². The van der Waals surface area contributed by atoms with Gasteiger partial charge < -0.3 is 4.74 Å². The predicted octanol–water partition coefficient (Wildman–Crippen LogP) is 9.20. The number of hydrogen-bond donors (Lipinski definition) is 0. The minimum atomic E-state index is -7.22. The molecule has 0 radical (unpaired) electrons. The maximum absolute atomic E-state index is 15.4. The minimum absolute atomic E-state index is 0.0237. The van der Waals surface area contributed by atoms with E-state index in [9.17, 15) is 57.5 Å². The predicted molar refractivity (Wildman–Crippen MR) is 196 cm³/mol. The number of rotatable bonds is 9. The van der Waals surface area contributed by atoms with Crippen molar-refractivity contribution in [3.8, 4) is 11.6 Å². The summed E-state index contributed by atoms with van der Waals surface area (Å²) in [5, 5.41) is 0. The van der Waals surface area contributed by atoms with Gasteiger partial charge in [-0.15, -0.1) is 21.9 Å². The van der Waals surface area contributed by atoms with E-state index in [0.29, 0.717) is 17.2 Å². The zero-order valence-corrected chi connectivity index (χ0v) is 33.0. The summed E-state index contributed by atoms with van der Waals surface area (Å²) in [4.78, 5) is 16.4. The first-order valence-corrected chi connectivity index (χ1v) is 18.3. The van der Waals surface area contributed by atoms with E-state index < -0.39 is 144 Å². The van der Waals surface area contributed by atoms with Gasteiger partial charge in [-0.1, -0.05) is 48.0 Å². The van der Waals surface area contributed by atoms with Crippen molar-refractivity contribution >= 4 is 33.8 Å². The summed E-state index contributed by atoms with van der Waals surface area (Å²) >= 11 is 0. The van der Waals surface area contributed by atoms with E-state index in [0.717, 1.165) is 5.56 Å². The molecule has 0 aliphatic heterocycles. The maximum Gasteiger partial charge on any atom is 0.392 e. The molecule has 0 N–H and O–H groups in total. The summed E-state index contributed by atoms with van der Waals surface area (Å²) in [6.07, 6.45) is -2.23. The Bertz CT molecular complexity index is 2780. The van der Waals surface area contributed by atoms with Crippen molar-refractivity contribution in [1.29, 1.82) is 0 Å². The molecular weight excluding hydrogens is 967 g/mol. The van der Waals surface area contributed by atoms with Crippen molar-refractivity contribution in [3.63, 3.8) is 0 Å². The van der Waals surface area contributed by atoms with E-state index in [1.54, 1.807) is 23.2 Å². The maximum atomic E-state index is 15.4. The molecule has 0 aliphatic carbocycles. The van der Waals surface area contributed by atoms with Crippen LogP contribution in [0, 0.1) is 123 Å². The fourth-order valence-corrected chi connectivity index (χ4v) is 7.06. The second-order valence-corrected chi connectivity index (χ2v) is 14.0. The van der Waals surface area contributed by atoms with Gasteiger partial charge in [0.25, 0.3) is 0 Å². The Morgan fingerprint density at radius 2 is 0.765 bits per heavy atom. The standard InChI is InChI=1S/C24BF20.C19H17N2O2/c26-5-1(6(27)14(35)21(42)13(5)34)25(2-7(28)15(36)22(43)16(37)8(2)29,3-9(30)17(38)23(44)18(39)10(3)31)4-11(32)19(40)24(45)20(41)12(4)33;1-15-7-9-17(10-8-15)23-19-13-20-11-12-21(19)14-18(22)16-5-3-2-4-6-16/h;2-13H,14H2,1H3/q-1;+1. The average Bonchev–Trinajstić information content (AvgIpc) is 3.33. The topological polar surface area (TPSA) is 43.1 Å². The second kappa shape index (κ2) is 19.0. The van der Waals surface area contributed by atoms with Gasteiger partial charge in [0, 0.05) is 5.56 Å². The quantitative estimate of drug-likeness (QED) is 0.0362. The summed E-state index contributed by atoms with van der Waals surface area (Å²) < 4.78 is 302. The third-order valence-electron chi connectivity index (χ3n) is 10.2. The van der Waals surface area contributed by atoms with E-state index >= 15 is 35.1 Å². The molecule has 0 fully saturated rings. The molecule has 25 heteroatoms. The SMILES string of the molecule is Cc1ccc(Oc2cncc[n+]2CC(=O)c2ccccc2)cc1.Fc1c(F)c(F)c([B-](c2c(F)c(F)c(F)c(F)c2F)(c2c(F)c(F)c(F)c(F)c2F)c2c(F)c(F)c(F)c(F)c2F)c(F)c1F. The highest BCUT2D eigenvalue weighted by molar-refractivity contribution is 7.20. The van der Waals surface area contributed by atoms with Crippen molar-refractivity contribution in [2.45, 2.75) is 13.5 Å². The zero-order chi connectivity index (χ0) is 50.4. The highest BCUT2D eigenvalue weighted by Gasteiger charge is 2.52. The monoisotopic (exact) mass is 984 g/mol. The van der Waals surface area contributed by atoms with Gasteiger partial charge in [0.15, 0.2) is 76.0 Å². The lowest BCUT2D eigenvalue weighted by atomic mass is 9.12. The third kappa shape index (κ3) is 8.22. The number of nitrogens with zero attached hydrogens (tertiary/aromatic N) is 2. The number of halogens is 20. The molecule has 0 aliphatic rings. The molecule has 4 nitrogen and oxygen atoms in total. The number of aryl methyl sites for hydroxylation is 1. The van der Waals surface area contributed by atoms with Crippen LogP contribution < -0.4 is 31.2 Å². The number of carbonyl (C=O) groups excluding carboxylic acids is 1. The summed E-state index contributed by atoms with van der Waals surface area (Å²) in [5.41, 5.74) is -12.5. The fourth-order valence-electron chi connectivity index (χ4n) is 7.06.